The van der Waals surface area contributed by atoms with Gasteiger partial charge in [-0.1, -0.05) is 26.2 Å². The van der Waals surface area contributed by atoms with Gasteiger partial charge in [-0.15, -0.1) is 11.3 Å². The second kappa shape index (κ2) is 7.99. The Morgan fingerprint density at radius 2 is 2.09 bits per heavy atom. The molecule has 1 aromatic heterocycles. The first-order valence-electron chi connectivity index (χ1n) is 7.86. The van der Waals surface area contributed by atoms with Crippen LogP contribution in [0.25, 0.3) is 0 Å². The van der Waals surface area contributed by atoms with Crippen LogP contribution in [-0.4, -0.2) is 24.5 Å². The Bertz CT molecular complexity index is 527. The van der Waals surface area contributed by atoms with Crippen molar-refractivity contribution in [1.29, 1.82) is 0 Å². The minimum Gasteiger partial charge on any atom is -0.356 e. The van der Waals surface area contributed by atoms with Crippen molar-refractivity contribution in [3.8, 4) is 0 Å². The highest BCUT2D eigenvalue weighted by Gasteiger charge is 2.33. The van der Waals surface area contributed by atoms with E-state index in [0.717, 1.165) is 23.3 Å². The van der Waals surface area contributed by atoms with Crippen molar-refractivity contribution in [3.63, 3.8) is 0 Å². The molecule has 2 unspecified atom stereocenters. The molecule has 1 aromatic rings. The van der Waals surface area contributed by atoms with E-state index >= 15 is 0 Å². The quantitative estimate of drug-likeness (QED) is 0.645. The zero-order chi connectivity index (χ0) is 16.9. The van der Waals surface area contributed by atoms with Crippen LogP contribution in [0.5, 0.6) is 0 Å². The van der Waals surface area contributed by atoms with Crippen molar-refractivity contribution in [2.24, 2.45) is 16.8 Å². The summed E-state index contributed by atoms with van der Waals surface area (Å²) in [7, 11) is 1.66. The predicted octanol–water partition coefficient (Wildman–Crippen LogP) is 3.65. The first kappa shape index (κ1) is 18.0. The lowest BCUT2D eigenvalue weighted by molar-refractivity contribution is -0.140. The number of hydrogen-bond donors (Lipinski definition) is 2. The molecule has 0 radical (unpaired) electrons. The predicted molar refractivity (Wildman–Crippen MR) is 86.4 cm³/mol. The van der Waals surface area contributed by atoms with Crippen LogP contribution in [0.1, 0.15) is 43.3 Å². The third-order valence-corrected chi connectivity index (χ3v) is 5.14. The molecule has 23 heavy (non-hydrogen) atoms. The van der Waals surface area contributed by atoms with E-state index in [1.807, 2.05) is 0 Å². The van der Waals surface area contributed by atoms with E-state index in [-0.39, 0.29) is 6.54 Å². The number of alkyl halides is 3. The molecule has 1 saturated carbocycles. The SMILES string of the molecule is CN=C(NCc1nc(C(F)(F)F)cs1)NCC1CCCCC1C. The van der Waals surface area contributed by atoms with Gasteiger partial charge >= 0.3 is 6.18 Å². The third-order valence-electron chi connectivity index (χ3n) is 4.29. The van der Waals surface area contributed by atoms with Crippen molar-refractivity contribution < 1.29 is 13.2 Å². The molecule has 0 saturated heterocycles. The fraction of sp³-hybridized carbons (Fsp3) is 0.733. The van der Waals surface area contributed by atoms with Crippen LogP contribution in [0.3, 0.4) is 0 Å². The second-order valence-corrected chi connectivity index (χ2v) is 6.90. The molecule has 1 aliphatic carbocycles. The van der Waals surface area contributed by atoms with Gasteiger partial charge in [0.1, 0.15) is 5.01 Å². The molecule has 0 amide bonds. The first-order valence-corrected chi connectivity index (χ1v) is 8.74. The molecular weight excluding hydrogens is 325 g/mol. The maximum Gasteiger partial charge on any atom is 0.434 e. The molecule has 130 valence electrons. The highest BCUT2D eigenvalue weighted by Crippen LogP contribution is 2.30. The van der Waals surface area contributed by atoms with E-state index in [4.69, 9.17) is 0 Å². The van der Waals surface area contributed by atoms with Gasteiger partial charge in [-0.3, -0.25) is 4.99 Å². The Hall–Kier alpha value is -1.31. The molecule has 2 atom stereocenters. The van der Waals surface area contributed by atoms with E-state index < -0.39 is 11.9 Å². The highest BCUT2D eigenvalue weighted by atomic mass is 32.1. The van der Waals surface area contributed by atoms with Gasteiger partial charge in [-0.05, 0) is 18.3 Å². The average Bonchev–Trinajstić information content (AvgIpc) is 2.98. The maximum atomic E-state index is 12.5. The van der Waals surface area contributed by atoms with Crippen LogP contribution in [0.2, 0.25) is 0 Å². The topological polar surface area (TPSA) is 49.3 Å². The number of rotatable bonds is 4. The van der Waals surface area contributed by atoms with Gasteiger partial charge < -0.3 is 10.6 Å². The summed E-state index contributed by atoms with van der Waals surface area (Å²) in [6.45, 7) is 3.35. The summed E-state index contributed by atoms with van der Waals surface area (Å²) >= 11 is 0.999. The van der Waals surface area contributed by atoms with Gasteiger partial charge in [0.15, 0.2) is 11.7 Å². The molecule has 1 aliphatic rings. The number of nitrogens with zero attached hydrogens (tertiary/aromatic N) is 2. The number of hydrogen-bond acceptors (Lipinski definition) is 3. The second-order valence-electron chi connectivity index (χ2n) is 5.95. The number of guanidine groups is 1. The highest BCUT2D eigenvalue weighted by molar-refractivity contribution is 7.09. The summed E-state index contributed by atoms with van der Waals surface area (Å²) in [5.41, 5.74) is -0.835. The van der Waals surface area contributed by atoms with E-state index in [1.54, 1.807) is 7.05 Å². The molecule has 2 rings (SSSR count). The van der Waals surface area contributed by atoms with E-state index in [1.165, 1.54) is 25.7 Å². The number of aliphatic imine (C=N–C) groups is 1. The van der Waals surface area contributed by atoms with Gasteiger partial charge in [-0.2, -0.15) is 13.2 Å². The Morgan fingerprint density at radius 1 is 1.35 bits per heavy atom. The van der Waals surface area contributed by atoms with Crippen LogP contribution in [0, 0.1) is 11.8 Å². The van der Waals surface area contributed by atoms with Crippen LogP contribution in [0.4, 0.5) is 13.2 Å². The smallest absolute Gasteiger partial charge is 0.356 e. The monoisotopic (exact) mass is 348 g/mol. The Morgan fingerprint density at radius 3 is 2.70 bits per heavy atom. The summed E-state index contributed by atoms with van der Waals surface area (Å²) in [6.07, 6.45) is 0.661. The number of nitrogens with one attached hydrogen (secondary N) is 2. The summed E-state index contributed by atoms with van der Waals surface area (Å²) in [5.74, 6) is 1.92. The summed E-state index contributed by atoms with van der Waals surface area (Å²) in [6, 6.07) is 0. The molecule has 0 bridgehead atoms. The first-order chi connectivity index (χ1) is 10.9. The average molecular weight is 348 g/mol. The van der Waals surface area contributed by atoms with Gasteiger partial charge in [0, 0.05) is 19.0 Å². The lowest BCUT2D eigenvalue weighted by Crippen LogP contribution is -2.41. The van der Waals surface area contributed by atoms with Gasteiger partial charge in [-0.25, -0.2) is 4.98 Å². The number of halogens is 3. The van der Waals surface area contributed by atoms with Crippen molar-refractivity contribution in [3.05, 3.63) is 16.1 Å². The maximum absolute atomic E-state index is 12.5. The molecular formula is C15H23F3N4S. The summed E-state index contributed by atoms with van der Waals surface area (Å²) in [4.78, 5) is 7.72. The van der Waals surface area contributed by atoms with Crippen LogP contribution >= 0.6 is 11.3 Å². The Balaban J connectivity index is 1.80. The molecule has 1 fully saturated rings. The Kier molecular flexibility index (Phi) is 6.26. The van der Waals surface area contributed by atoms with Crippen LogP contribution in [0.15, 0.2) is 10.4 Å². The molecule has 2 N–H and O–H groups in total. The molecule has 1 heterocycles. The van der Waals surface area contributed by atoms with Crippen LogP contribution in [-0.2, 0) is 12.7 Å². The molecule has 0 spiro atoms. The normalized spacial score (nSPS) is 22.9. The van der Waals surface area contributed by atoms with Crippen molar-refractivity contribution in [1.82, 2.24) is 15.6 Å². The fourth-order valence-corrected chi connectivity index (χ4v) is 3.57. The van der Waals surface area contributed by atoms with Crippen LogP contribution < -0.4 is 10.6 Å². The van der Waals surface area contributed by atoms with E-state index in [2.05, 4.69) is 27.5 Å². The molecule has 8 heteroatoms. The summed E-state index contributed by atoms with van der Waals surface area (Å²) < 4.78 is 37.6. The molecule has 0 aromatic carbocycles. The number of aromatic nitrogens is 1. The third kappa shape index (κ3) is 5.37. The lowest BCUT2D eigenvalue weighted by atomic mass is 9.80. The van der Waals surface area contributed by atoms with Gasteiger partial charge in [0.2, 0.25) is 0 Å². The van der Waals surface area contributed by atoms with Crippen molar-refractivity contribution in [2.75, 3.05) is 13.6 Å². The van der Waals surface area contributed by atoms with Gasteiger partial charge in [0.25, 0.3) is 0 Å². The number of thiazole rings is 1. The minimum absolute atomic E-state index is 0.237. The van der Waals surface area contributed by atoms with E-state index in [0.29, 0.717) is 22.8 Å². The minimum atomic E-state index is -4.38. The zero-order valence-corrected chi connectivity index (χ0v) is 14.2. The standard InChI is InChI=1S/C15H23F3N4S/c1-10-5-3-4-6-11(10)7-20-14(19-2)21-8-13-22-12(9-23-13)15(16,17)18/h9-11H,3-8H2,1-2H3,(H2,19,20,21). The lowest BCUT2D eigenvalue weighted by Gasteiger charge is -2.29. The molecule has 4 nitrogen and oxygen atoms in total. The van der Waals surface area contributed by atoms with E-state index in [9.17, 15) is 13.2 Å². The largest absolute Gasteiger partial charge is 0.434 e. The summed E-state index contributed by atoms with van der Waals surface area (Å²) in [5, 5.41) is 7.73. The van der Waals surface area contributed by atoms with Gasteiger partial charge in [0.05, 0.1) is 6.54 Å². The molecule has 0 aliphatic heterocycles. The fourth-order valence-electron chi connectivity index (χ4n) is 2.83. The van der Waals surface area contributed by atoms with Crippen molar-refractivity contribution >= 4 is 17.3 Å². The Labute approximate surface area is 138 Å². The zero-order valence-electron chi connectivity index (χ0n) is 13.4. The van der Waals surface area contributed by atoms with Crippen molar-refractivity contribution in [2.45, 2.75) is 45.3 Å².